The minimum absolute atomic E-state index is 0.247. The SMILES string of the molecule is O=C1OC(c2ccc(I)cc2)=NC1=Cc1ccccc1Cl. The first-order valence-electron chi connectivity index (χ1n) is 6.16. The fraction of sp³-hybridized carbons (Fsp3) is 0. The highest BCUT2D eigenvalue weighted by atomic mass is 127. The number of hydrogen-bond acceptors (Lipinski definition) is 3. The van der Waals surface area contributed by atoms with Gasteiger partial charge in [0.05, 0.1) is 0 Å². The lowest BCUT2D eigenvalue weighted by Crippen LogP contribution is -2.05. The second kappa shape index (κ2) is 5.99. The van der Waals surface area contributed by atoms with Crippen LogP contribution in [-0.4, -0.2) is 11.9 Å². The Morgan fingerprint density at radius 1 is 1.10 bits per heavy atom. The largest absolute Gasteiger partial charge is 0.402 e. The number of carbonyl (C=O) groups is 1. The van der Waals surface area contributed by atoms with Crippen LogP contribution in [-0.2, 0) is 9.53 Å². The molecule has 0 unspecified atom stereocenters. The molecule has 0 radical (unpaired) electrons. The number of ether oxygens (including phenoxy) is 1. The van der Waals surface area contributed by atoms with Crippen molar-refractivity contribution in [2.24, 2.45) is 4.99 Å². The van der Waals surface area contributed by atoms with Gasteiger partial charge in [0.25, 0.3) is 0 Å². The van der Waals surface area contributed by atoms with Crippen LogP contribution in [0.25, 0.3) is 6.08 Å². The monoisotopic (exact) mass is 409 g/mol. The smallest absolute Gasteiger partial charge is 0.363 e. The molecule has 0 bridgehead atoms. The highest BCUT2D eigenvalue weighted by Gasteiger charge is 2.24. The summed E-state index contributed by atoms with van der Waals surface area (Å²) >= 11 is 8.29. The number of nitrogens with zero attached hydrogens (tertiary/aromatic N) is 1. The van der Waals surface area contributed by atoms with Crippen LogP contribution in [0.5, 0.6) is 0 Å². The zero-order valence-electron chi connectivity index (χ0n) is 10.7. The van der Waals surface area contributed by atoms with Gasteiger partial charge in [-0.2, -0.15) is 0 Å². The van der Waals surface area contributed by atoms with E-state index in [1.165, 1.54) is 0 Å². The highest BCUT2D eigenvalue weighted by Crippen LogP contribution is 2.23. The Kier molecular flexibility index (Phi) is 4.07. The van der Waals surface area contributed by atoms with E-state index in [1.807, 2.05) is 42.5 Å². The van der Waals surface area contributed by atoms with Crippen molar-refractivity contribution < 1.29 is 9.53 Å². The first kappa shape index (κ1) is 14.3. The number of halogens is 2. The van der Waals surface area contributed by atoms with Gasteiger partial charge >= 0.3 is 5.97 Å². The van der Waals surface area contributed by atoms with E-state index < -0.39 is 5.97 Å². The van der Waals surface area contributed by atoms with Crippen LogP contribution >= 0.6 is 34.2 Å². The summed E-state index contributed by atoms with van der Waals surface area (Å²) in [4.78, 5) is 16.1. The molecule has 3 nitrogen and oxygen atoms in total. The molecule has 0 saturated heterocycles. The topological polar surface area (TPSA) is 38.7 Å². The molecule has 3 rings (SSSR count). The number of hydrogen-bond donors (Lipinski definition) is 0. The third kappa shape index (κ3) is 3.16. The van der Waals surface area contributed by atoms with Crippen molar-refractivity contribution >= 4 is 52.1 Å². The molecule has 1 aliphatic rings. The maximum atomic E-state index is 11.9. The molecule has 0 aliphatic carbocycles. The van der Waals surface area contributed by atoms with Gasteiger partial charge < -0.3 is 4.74 Å². The Labute approximate surface area is 140 Å². The number of cyclic esters (lactones) is 1. The first-order chi connectivity index (χ1) is 10.1. The Morgan fingerprint density at radius 2 is 1.81 bits per heavy atom. The maximum Gasteiger partial charge on any atom is 0.363 e. The van der Waals surface area contributed by atoms with E-state index in [0.29, 0.717) is 10.9 Å². The van der Waals surface area contributed by atoms with Gasteiger partial charge in [-0.3, -0.25) is 0 Å². The molecule has 1 heterocycles. The van der Waals surface area contributed by atoms with Gasteiger partial charge in [-0.1, -0.05) is 29.8 Å². The van der Waals surface area contributed by atoms with Crippen LogP contribution in [0, 0.1) is 3.57 Å². The van der Waals surface area contributed by atoms with E-state index in [4.69, 9.17) is 16.3 Å². The Hall–Kier alpha value is -1.66. The lowest BCUT2D eigenvalue weighted by atomic mass is 10.2. The van der Waals surface area contributed by atoms with E-state index >= 15 is 0 Å². The number of benzene rings is 2. The predicted molar refractivity (Wildman–Crippen MR) is 91.2 cm³/mol. The maximum absolute atomic E-state index is 11.9. The summed E-state index contributed by atoms with van der Waals surface area (Å²) in [6, 6.07) is 14.9. The van der Waals surface area contributed by atoms with Crippen LogP contribution in [0.2, 0.25) is 5.02 Å². The van der Waals surface area contributed by atoms with Gasteiger partial charge in [-0.15, -0.1) is 0 Å². The fourth-order valence-electron chi connectivity index (χ4n) is 1.86. The highest BCUT2D eigenvalue weighted by molar-refractivity contribution is 14.1. The second-order valence-electron chi connectivity index (χ2n) is 4.36. The molecule has 0 spiro atoms. The summed E-state index contributed by atoms with van der Waals surface area (Å²) in [5, 5.41) is 0.565. The van der Waals surface area contributed by atoms with Crippen LogP contribution in [0.4, 0.5) is 0 Å². The van der Waals surface area contributed by atoms with Crippen molar-refractivity contribution in [1.29, 1.82) is 0 Å². The summed E-state index contributed by atoms with van der Waals surface area (Å²) in [5.74, 6) is -0.154. The molecule has 5 heteroatoms. The summed E-state index contributed by atoms with van der Waals surface area (Å²) in [6.07, 6.45) is 1.63. The number of esters is 1. The Bertz CT molecular complexity index is 766. The lowest BCUT2D eigenvalue weighted by molar-refractivity contribution is -0.129. The van der Waals surface area contributed by atoms with Crippen LogP contribution < -0.4 is 0 Å². The van der Waals surface area contributed by atoms with Crippen molar-refractivity contribution in [3.05, 3.63) is 73.9 Å². The van der Waals surface area contributed by atoms with Crippen molar-refractivity contribution in [3.63, 3.8) is 0 Å². The molecule has 1 aliphatic heterocycles. The molecule has 0 N–H and O–H groups in total. The molecule has 0 atom stereocenters. The van der Waals surface area contributed by atoms with Gasteiger partial charge in [0, 0.05) is 14.2 Å². The molecule has 104 valence electrons. The van der Waals surface area contributed by atoms with E-state index in [-0.39, 0.29) is 5.70 Å². The molecule has 2 aromatic rings. The summed E-state index contributed by atoms with van der Waals surface area (Å²) in [6.45, 7) is 0. The number of aliphatic imine (C=N–C) groups is 1. The van der Waals surface area contributed by atoms with Gasteiger partial charge in [0.2, 0.25) is 5.90 Å². The molecule has 0 aromatic heterocycles. The molecular formula is C16H9ClINO2. The summed E-state index contributed by atoms with van der Waals surface area (Å²) in [5.41, 5.74) is 1.75. The third-order valence-corrected chi connectivity index (χ3v) is 3.97. The lowest BCUT2D eigenvalue weighted by Gasteiger charge is -1.98. The van der Waals surface area contributed by atoms with Gasteiger partial charge in [-0.05, 0) is 64.6 Å². The molecular weight excluding hydrogens is 401 g/mol. The minimum Gasteiger partial charge on any atom is -0.402 e. The first-order valence-corrected chi connectivity index (χ1v) is 7.62. The van der Waals surface area contributed by atoms with E-state index in [9.17, 15) is 4.79 Å². The standard InChI is InChI=1S/C16H9ClINO2/c17-13-4-2-1-3-11(13)9-14-16(20)21-15(19-14)10-5-7-12(18)8-6-10/h1-9H. The van der Waals surface area contributed by atoms with Crippen LogP contribution in [0.15, 0.2) is 59.2 Å². The predicted octanol–water partition coefficient (Wildman–Crippen LogP) is 4.29. The van der Waals surface area contributed by atoms with Gasteiger partial charge in [0.1, 0.15) is 0 Å². The Morgan fingerprint density at radius 3 is 2.52 bits per heavy atom. The molecule has 21 heavy (non-hydrogen) atoms. The normalized spacial score (nSPS) is 16.0. The quantitative estimate of drug-likeness (QED) is 0.422. The van der Waals surface area contributed by atoms with E-state index in [0.717, 1.165) is 14.7 Å². The van der Waals surface area contributed by atoms with Crippen molar-refractivity contribution in [1.82, 2.24) is 0 Å². The second-order valence-corrected chi connectivity index (χ2v) is 6.02. The zero-order valence-corrected chi connectivity index (χ0v) is 13.6. The average molecular weight is 410 g/mol. The molecule has 0 amide bonds. The van der Waals surface area contributed by atoms with Crippen molar-refractivity contribution in [2.45, 2.75) is 0 Å². The van der Waals surface area contributed by atoms with Crippen LogP contribution in [0.1, 0.15) is 11.1 Å². The summed E-state index contributed by atoms with van der Waals surface area (Å²) in [7, 11) is 0. The number of rotatable bonds is 2. The average Bonchev–Trinajstić information content (AvgIpc) is 2.83. The number of carbonyl (C=O) groups excluding carboxylic acids is 1. The van der Waals surface area contributed by atoms with E-state index in [1.54, 1.807) is 12.1 Å². The molecule has 0 fully saturated rings. The molecule has 0 saturated carbocycles. The zero-order chi connectivity index (χ0) is 14.8. The van der Waals surface area contributed by atoms with Gasteiger partial charge in [0.15, 0.2) is 5.70 Å². The van der Waals surface area contributed by atoms with E-state index in [2.05, 4.69) is 27.6 Å². The minimum atomic E-state index is -0.469. The van der Waals surface area contributed by atoms with Crippen molar-refractivity contribution in [2.75, 3.05) is 0 Å². The summed E-state index contributed by atoms with van der Waals surface area (Å²) < 4.78 is 6.31. The third-order valence-electron chi connectivity index (χ3n) is 2.91. The van der Waals surface area contributed by atoms with Gasteiger partial charge in [-0.25, -0.2) is 9.79 Å². The van der Waals surface area contributed by atoms with Crippen molar-refractivity contribution in [3.8, 4) is 0 Å². The Balaban J connectivity index is 1.96. The fourth-order valence-corrected chi connectivity index (χ4v) is 2.41. The van der Waals surface area contributed by atoms with Crippen LogP contribution in [0.3, 0.4) is 0 Å². The molecule has 2 aromatic carbocycles.